The van der Waals surface area contributed by atoms with Crippen LogP contribution in [0.15, 0.2) is 42.6 Å². The first-order valence-corrected chi connectivity index (χ1v) is 5.78. The number of hydrogen-bond donors (Lipinski definition) is 1. The van der Waals surface area contributed by atoms with Crippen molar-refractivity contribution in [3.05, 3.63) is 59.3 Å². The van der Waals surface area contributed by atoms with Gasteiger partial charge in [-0.1, -0.05) is 18.2 Å². The lowest BCUT2D eigenvalue weighted by Crippen LogP contribution is -2.14. The highest BCUT2D eigenvalue weighted by atomic mass is 19.4. The summed E-state index contributed by atoms with van der Waals surface area (Å²) in [4.78, 5) is 15.5. The second-order valence-corrected chi connectivity index (χ2v) is 4.20. The summed E-state index contributed by atoms with van der Waals surface area (Å²) in [7, 11) is 0. The fourth-order valence-electron chi connectivity index (χ4n) is 1.65. The first-order chi connectivity index (χ1) is 9.38. The molecule has 2 rings (SSSR count). The predicted molar refractivity (Wildman–Crippen MR) is 68.4 cm³/mol. The van der Waals surface area contributed by atoms with Crippen LogP contribution in [0.3, 0.4) is 0 Å². The van der Waals surface area contributed by atoms with Gasteiger partial charge in [0.25, 0.3) is 5.91 Å². The molecule has 6 heteroatoms. The number of nitrogens with one attached hydrogen (secondary N) is 1. The summed E-state index contributed by atoms with van der Waals surface area (Å²) in [5.41, 5.74) is 0.373. The molecule has 0 aliphatic heterocycles. The number of amides is 1. The number of aryl methyl sites for hydroxylation is 1. The molecule has 0 unspecified atom stereocenters. The van der Waals surface area contributed by atoms with Gasteiger partial charge in [0.05, 0.1) is 5.56 Å². The third-order valence-corrected chi connectivity index (χ3v) is 2.72. The first-order valence-electron chi connectivity index (χ1n) is 5.78. The molecule has 0 aliphatic carbocycles. The minimum absolute atomic E-state index is 0.0752. The third kappa shape index (κ3) is 3.14. The number of alkyl halides is 3. The molecule has 2 aromatic rings. The Hall–Kier alpha value is -2.37. The van der Waals surface area contributed by atoms with Gasteiger partial charge in [-0.15, -0.1) is 0 Å². The summed E-state index contributed by atoms with van der Waals surface area (Å²) < 4.78 is 37.1. The van der Waals surface area contributed by atoms with Crippen LogP contribution in [0, 0.1) is 6.92 Å². The highest BCUT2D eigenvalue weighted by molar-refractivity contribution is 6.04. The van der Waals surface area contributed by atoms with E-state index in [1.807, 2.05) is 0 Å². The zero-order valence-corrected chi connectivity index (χ0v) is 10.5. The number of hydrogen-bond acceptors (Lipinski definition) is 2. The Morgan fingerprint density at radius 2 is 1.85 bits per heavy atom. The van der Waals surface area contributed by atoms with Crippen molar-refractivity contribution in [2.24, 2.45) is 0 Å². The Bertz CT molecular complexity index is 621. The van der Waals surface area contributed by atoms with Crippen molar-refractivity contribution in [1.82, 2.24) is 4.98 Å². The zero-order valence-electron chi connectivity index (χ0n) is 10.5. The van der Waals surface area contributed by atoms with Crippen molar-refractivity contribution < 1.29 is 18.0 Å². The van der Waals surface area contributed by atoms with Crippen molar-refractivity contribution in [3.63, 3.8) is 0 Å². The van der Waals surface area contributed by atoms with E-state index in [1.54, 1.807) is 31.2 Å². The van der Waals surface area contributed by atoms with Gasteiger partial charge in [-0.05, 0) is 30.7 Å². The Kier molecular flexibility index (Phi) is 3.74. The molecule has 3 nitrogen and oxygen atoms in total. The molecule has 0 spiro atoms. The number of benzene rings is 1. The Morgan fingerprint density at radius 3 is 2.40 bits per heavy atom. The van der Waals surface area contributed by atoms with Crippen LogP contribution < -0.4 is 5.32 Å². The van der Waals surface area contributed by atoms with E-state index in [9.17, 15) is 18.0 Å². The van der Waals surface area contributed by atoms with Crippen LogP contribution in [0.5, 0.6) is 0 Å². The number of halogens is 3. The Labute approximate surface area is 113 Å². The molecule has 0 fully saturated rings. The molecule has 1 aromatic carbocycles. The second kappa shape index (κ2) is 5.32. The van der Waals surface area contributed by atoms with Crippen LogP contribution in [0.2, 0.25) is 0 Å². The smallest absolute Gasteiger partial charge is 0.307 e. The highest BCUT2D eigenvalue weighted by Gasteiger charge is 2.30. The molecular formula is C14H11F3N2O. The summed E-state index contributed by atoms with van der Waals surface area (Å²) in [5.74, 6) is -0.332. The van der Waals surface area contributed by atoms with Crippen LogP contribution in [0.1, 0.15) is 21.5 Å². The standard InChI is InChI=1S/C14H11F3N2O/c1-9-4-2-3-5-11(9)13(20)19-12-7-6-10(8-18-12)14(15,16)17/h2-8H,1H3,(H,18,19,20). The van der Waals surface area contributed by atoms with Crippen molar-refractivity contribution in [1.29, 1.82) is 0 Å². The molecule has 0 saturated heterocycles. The van der Waals surface area contributed by atoms with E-state index in [4.69, 9.17) is 0 Å². The summed E-state index contributed by atoms with van der Waals surface area (Å²) >= 11 is 0. The maximum Gasteiger partial charge on any atom is 0.417 e. The van der Waals surface area contributed by atoms with E-state index in [0.29, 0.717) is 11.8 Å². The van der Waals surface area contributed by atoms with E-state index < -0.39 is 17.6 Å². The fraction of sp³-hybridized carbons (Fsp3) is 0.143. The van der Waals surface area contributed by atoms with E-state index in [1.165, 1.54) is 0 Å². The molecule has 1 N–H and O–H groups in total. The molecule has 0 aliphatic rings. The molecule has 0 saturated carbocycles. The number of pyridine rings is 1. The minimum atomic E-state index is -4.44. The summed E-state index contributed by atoms with van der Waals surface area (Å²) in [5, 5.41) is 2.46. The van der Waals surface area contributed by atoms with Crippen LogP contribution in [0.25, 0.3) is 0 Å². The van der Waals surface area contributed by atoms with Crippen molar-refractivity contribution in [2.75, 3.05) is 5.32 Å². The number of nitrogens with zero attached hydrogens (tertiary/aromatic N) is 1. The summed E-state index contributed by atoms with van der Waals surface area (Å²) in [6.45, 7) is 1.77. The SMILES string of the molecule is Cc1ccccc1C(=O)Nc1ccc(C(F)(F)F)cn1. The van der Waals surface area contributed by atoms with Gasteiger partial charge < -0.3 is 5.32 Å². The van der Waals surface area contributed by atoms with Gasteiger partial charge in [0.15, 0.2) is 0 Å². The average molecular weight is 280 g/mol. The normalized spacial score (nSPS) is 11.2. The van der Waals surface area contributed by atoms with Crippen LogP contribution in [0.4, 0.5) is 19.0 Å². The Balaban J connectivity index is 2.15. The molecule has 104 valence electrons. The van der Waals surface area contributed by atoms with Gasteiger partial charge >= 0.3 is 6.18 Å². The van der Waals surface area contributed by atoms with Gasteiger partial charge in [-0.2, -0.15) is 13.2 Å². The maximum absolute atomic E-state index is 12.4. The molecular weight excluding hydrogens is 269 g/mol. The maximum atomic E-state index is 12.4. The van der Waals surface area contributed by atoms with Crippen LogP contribution >= 0.6 is 0 Å². The number of anilines is 1. The molecule has 20 heavy (non-hydrogen) atoms. The quantitative estimate of drug-likeness (QED) is 0.912. The van der Waals surface area contributed by atoms with E-state index in [-0.39, 0.29) is 5.82 Å². The number of rotatable bonds is 2. The van der Waals surface area contributed by atoms with Gasteiger partial charge in [-0.25, -0.2) is 4.98 Å². The first kappa shape index (κ1) is 14.0. The Morgan fingerprint density at radius 1 is 1.15 bits per heavy atom. The molecule has 1 aromatic heterocycles. The molecule has 0 atom stereocenters. The highest BCUT2D eigenvalue weighted by Crippen LogP contribution is 2.28. The molecule has 1 heterocycles. The largest absolute Gasteiger partial charge is 0.417 e. The van der Waals surface area contributed by atoms with E-state index in [0.717, 1.165) is 17.7 Å². The predicted octanol–water partition coefficient (Wildman–Crippen LogP) is 3.66. The lowest BCUT2D eigenvalue weighted by molar-refractivity contribution is -0.137. The lowest BCUT2D eigenvalue weighted by atomic mass is 10.1. The third-order valence-electron chi connectivity index (χ3n) is 2.72. The minimum Gasteiger partial charge on any atom is -0.307 e. The van der Waals surface area contributed by atoms with Gasteiger partial charge in [-0.3, -0.25) is 4.79 Å². The summed E-state index contributed by atoms with van der Waals surface area (Å²) in [6.07, 6.45) is -3.75. The van der Waals surface area contributed by atoms with Crippen molar-refractivity contribution in [2.45, 2.75) is 13.1 Å². The number of carbonyl (C=O) groups excluding carboxylic acids is 1. The monoisotopic (exact) mass is 280 g/mol. The lowest BCUT2D eigenvalue weighted by Gasteiger charge is -2.09. The number of carbonyl (C=O) groups is 1. The van der Waals surface area contributed by atoms with E-state index >= 15 is 0 Å². The zero-order chi connectivity index (χ0) is 14.8. The van der Waals surface area contributed by atoms with E-state index in [2.05, 4.69) is 10.3 Å². The molecule has 1 amide bonds. The van der Waals surface area contributed by atoms with Gasteiger partial charge in [0.2, 0.25) is 0 Å². The second-order valence-electron chi connectivity index (χ2n) is 4.20. The van der Waals surface area contributed by atoms with Gasteiger partial charge in [0.1, 0.15) is 5.82 Å². The van der Waals surface area contributed by atoms with Crippen molar-refractivity contribution in [3.8, 4) is 0 Å². The van der Waals surface area contributed by atoms with Gasteiger partial charge in [0, 0.05) is 11.8 Å². The van der Waals surface area contributed by atoms with Crippen LogP contribution in [-0.4, -0.2) is 10.9 Å². The summed E-state index contributed by atoms with van der Waals surface area (Å²) in [6, 6.07) is 8.91. The fourth-order valence-corrected chi connectivity index (χ4v) is 1.65. The molecule has 0 radical (unpaired) electrons. The number of aromatic nitrogens is 1. The van der Waals surface area contributed by atoms with Crippen LogP contribution in [-0.2, 0) is 6.18 Å². The van der Waals surface area contributed by atoms with Crippen molar-refractivity contribution >= 4 is 11.7 Å². The molecule has 0 bridgehead atoms. The average Bonchev–Trinajstić information content (AvgIpc) is 2.38. The topological polar surface area (TPSA) is 42.0 Å².